The van der Waals surface area contributed by atoms with Gasteiger partial charge in [-0.2, -0.15) is 0 Å². The van der Waals surface area contributed by atoms with Crippen molar-refractivity contribution in [2.24, 2.45) is 0 Å². The van der Waals surface area contributed by atoms with Crippen LogP contribution in [0.25, 0.3) is 0 Å². The van der Waals surface area contributed by atoms with E-state index < -0.39 is 0 Å². The summed E-state index contributed by atoms with van der Waals surface area (Å²) in [5.41, 5.74) is 0. The third-order valence-electron chi connectivity index (χ3n) is 2.11. The van der Waals surface area contributed by atoms with Crippen LogP contribution in [0.15, 0.2) is 4.42 Å². The summed E-state index contributed by atoms with van der Waals surface area (Å²) in [4.78, 5) is 0. The van der Waals surface area contributed by atoms with E-state index in [0.717, 1.165) is 31.7 Å². The lowest BCUT2D eigenvalue weighted by atomic mass is 10.2. The predicted octanol–water partition coefficient (Wildman–Crippen LogP) is 2.08. The van der Waals surface area contributed by atoms with Crippen LogP contribution in [0.4, 0.5) is 0 Å². The van der Waals surface area contributed by atoms with Crippen LogP contribution in [0.5, 0.6) is 0 Å². The van der Waals surface area contributed by atoms with Gasteiger partial charge in [-0.3, -0.25) is 0 Å². The molecule has 1 atom stereocenters. The van der Waals surface area contributed by atoms with Gasteiger partial charge >= 0.3 is 0 Å². The van der Waals surface area contributed by atoms with Gasteiger partial charge in [0, 0.05) is 6.42 Å². The highest BCUT2D eigenvalue weighted by Gasteiger charge is 2.11. The second kappa shape index (κ2) is 5.75. The lowest BCUT2D eigenvalue weighted by Gasteiger charge is -2.05. The molecule has 1 unspecified atom stereocenters. The molecule has 1 rings (SSSR count). The lowest BCUT2D eigenvalue weighted by molar-refractivity contribution is 0.394. The maximum atomic E-state index is 5.52. The van der Waals surface area contributed by atoms with Gasteiger partial charge in [0.2, 0.25) is 11.8 Å². The zero-order chi connectivity index (χ0) is 10.4. The number of aromatic nitrogens is 2. The zero-order valence-electron chi connectivity index (χ0n) is 9.21. The molecule has 1 aromatic heterocycles. The van der Waals surface area contributed by atoms with Crippen molar-refractivity contribution in [1.29, 1.82) is 0 Å². The first-order chi connectivity index (χ1) is 6.77. The number of nitrogens with one attached hydrogen (secondary N) is 1. The van der Waals surface area contributed by atoms with E-state index >= 15 is 0 Å². The van der Waals surface area contributed by atoms with Crippen molar-refractivity contribution in [2.45, 2.75) is 46.1 Å². The van der Waals surface area contributed by atoms with Gasteiger partial charge in [-0.25, -0.2) is 0 Å². The first-order valence-electron chi connectivity index (χ1n) is 5.33. The molecule has 0 bridgehead atoms. The van der Waals surface area contributed by atoms with Crippen molar-refractivity contribution in [3.05, 3.63) is 11.8 Å². The molecular weight excluding hydrogens is 178 g/mol. The molecule has 1 aromatic rings. The minimum Gasteiger partial charge on any atom is -0.424 e. The summed E-state index contributed by atoms with van der Waals surface area (Å²) in [7, 11) is 0. The predicted molar refractivity (Wildman–Crippen MR) is 55.0 cm³/mol. The third kappa shape index (κ3) is 3.10. The first kappa shape index (κ1) is 11.2. The van der Waals surface area contributed by atoms with Crippen molar-refractivity contribution in [3.63, 3.8) is 0 Å². The van der Waals surface area contributed by atoms with E-state index in [-0.39, 0.29) is 6.04 Å². The molecular formula is C10H19N3O. The topological polar surface area (TPSA) is 51.0 Å². The smallest absolute Gasteiger partial charge is 0.233 e. The minimum atomic E-state index is 0.155. The highest BCUT2D eigenvalue weighted by molar-refractivity contribution is 4.87. The van der Waals surface area contributed by atoms with Gasteiger partial charge in [-0.05, 0) is 19.9 Å². The molecule has 80 valence electrons. The van der Waals surface area contributed by atoms with E-state index in [9.17, 15) is 0 Å². The van der Waals surface area contributed by atoms with Crippen molar-refractivity contribution < 1.29 is 4.42 Å². The Balaban J connectivity index is 2.49. The van der Waals surface area contributed by atoms with Crippen molar-refractivity contribution in [2.75, 3.05) is 6.54 Å². The molecule has 0 radical (unpaired) electrons. The number of aryl methyl sites for hydroxylation is 1. The van der Waals surface area contributed by atoms with E-state index in [0.29, 0.717) is 5.89 Å². The molecule has 0 aromatic carbocycles. The number of rotatable bonds is 6. The van der Waals surface area contributed by atoms with Gasteiger partial charge in [0.25, 0.3) is 0 Å². The van der Waals surface area contributed by atoms with Crippen LogP contribution in [0.3, 0.4) is 0 Å². The van der Waals surface area contributed by atoms with Gasteiger partial charge in [-0.1, -0.05) is 20.3 Å². The van der Waals surface area contributed by atoms with E-state index in [1.54, 1.807) is 0 Å². The SMILES string of the molecule is CCCCc1nnc(C(C)NCC)o1. The minimum absolute atomic E-state index is 0.155. The summed E-state index contributed by atoms with van der Waals surface area (Å²) in [6, 6.07) is 0.155. The van der Waals surface area contributed by atoms with Crippen LogP contribution in [0.2, 0.25) is 0 Å². The van der Waals surface area contributed by atoms with Crippen LogP contribution >= 0.6 is 0 Å². The Labute approximate surface area is 85.1 Å². The van der Waals surface area contributed by atoms with Crippen LogP contribution in [-0.4, -0.2) is 16.7 Å². The Morgan fingerprint density at radius 2 is 2.14 bits per heavy atom. The molecule has 0 amide bonds. The number of nitrogens with zero attached hydrogens (tertiary/aromatic N) is 2. The van der Waals surface area contributed by atoms with Crippen LogP contribution in [0.1, 0.15) is 51.4 Å². The summed E-state index contributed by atoms with van der Waals surface area (Å²) in [6.07, 6.45) is 3.15. The second-order valence-corrected chi connectivity index (χ2v) is 3.42. The van der Waals surface area contributed by atoms with Crippen molar-refractivity contribution in [1.82, 2.24) is 15.5 Å². The average molecular weight is 197 g/mol. The van der Waals surface area contributed by atoms with Gasteiger partial charge in [0.1, 0.15) is 0 Å². The lowest BCUT2D eigenvalue weighted by Crippen LogP contribution is -2.17. The fourth-order valence-electron chi connectivity index (χ4n) is 1.26. The molecule has 1 heterocycles. The summed E-state index contributed by atoms with van der Waals surface area (Å²) in [6.45, 7) is 7.15. The van der Waals surface area contributed by atoms with E-state index in [1.807, 2.05) is 6.92 Å². The zero-order valence-corrected chi connectivity index (χ0v) is 9.21. The van der Waals surface area contributed by atoms with Crippen molar-refractivity contribution in [3.8, 4) is 0 Å². The van der Waals surface area contributed by atoms with E-state index in [4.69, 9.17) is 4.42 Å². The Hall–Kier alpha value is -0.900. The van der Waals surface area contributed by atoms with Crippen LogP contribution < -0.4 is 5.32 Å². The highest BCUT2D eigenvalue weighted by atomic mass is 16.4. The average Bonchev–Trinajstić information content (AvgIpc) is 2.63. The molecule has 0 saturated carbocycles. The molecule has 0 spiro atoms. The molecule has 0 aliphatic heterocycles. The fourth-order valence-corrected chi connectivity index (χ4v) is 1.26. The summed E-state index contributed by atoms with van der Waals surface area (Å²) >= 11 is 0. The monoisotopic (exact) mass is 197 g/mol. The molecule has 1 N–H and O–H groups in total. The third-order valence-corrected chi connectivity index (χ3v) is 2.11. The molecule has 4 nitrogen and oxygen atoms in total. The van der Waals surface area contributed by atoms with Crippen molar-refractivity contribution >= 4 is 0 Å². The number of hydrogen-bond acceptors (Lipinski definition) is 4. The van der Waals surface area contributed by atoms with Crippen LogP contribution in [0, 0.1) is 0 Å². The quantitative estimate of drug-likeness (QED) is 0.758. The molecule has 4 heteroatoms. The highest BCUT2D eigenvalue weighted by Crippen LogP contribution is 2.11. The largest absolute Gasteiger partial charge is 0.424 e. The first-order valence-corrected chi connectivity index (χ1v) is 5.33. The van der Waals surface area contributed by atoms with Gasteiger partial charge < -0.3 is 9.73 Å². The van der Waals surface area contributed by atoms with E-state index in [2.05, 4.69) is 29.4 Å². The summed E-state index contributed by atoms with van der Waals surface area (Å²) in [5, 5.41) is 11.2. The normalized spacial score (nSPS) is 13.1. The van der Waals surface area contributed by atoms with Crippen LogP contribution in [-0.2, 0) is 6.42 Å². The number of unbranched alkanes of at least 4 members (excludes halogenated alkanes) is 1. The standard InChI is InChI=1S/C10H19N3O/c1-4-6-7-9-12-13-10(14-9)8(3)11-5-2/h8,11H,4-7H2,1-3H3. The molecule has 0 fully saturated rings. The molecule has 0 aliphatic rings. The Morgan fingerprint density at radius 3 is 2.79 bits per heavy atom. The maximum absolute atomic E-state index is 5.52. The molecule has 14 heavy (non-hydrogen) atoms. The molecule has 0 aliphatic carbocycles. The summed E-state index contributed by atoms with van der Waals surface area (Å²) in [5.74, 6) is 1.45. The van der Waals surface area contributed by atoms with Gasteiger partial charge in [0.05, 0.1) is 6.04 Å². The maximum Gasteiger partial charge on any atom is 0.233 e. The van der Waals surface area contributed by atoms with Gasteiger partial charge in [0.15, 0.2) is 0 Å². The fraction of sp³-hybridized carbons (Fsp3) is 0.800. The van der Waals surface area contributed by atoms with Gasteiger partial charge in [-0.15, -0.1) is 10.2 Å². The molecule has 0 saturated heterocycles. The Kier molecular flexibility index (Phi) is 4.59. The Bertz CT molecular complexity index is 260. The summed E-state index contributed by atoms with van der Waals surface area (Å²) < 4.78 is 5.52. The Morgan fingerprint density at radius 1 is 1.36 bits per heavy atom. The second-order valence-electron chi connectivity index (χ2n) is 3.42. The van der Waals surface area contributed by atoms with E-state index in [1.165, 1.54) is 0 Å². The number of hydrogen-bond donors (Lipinski definition) is 1.